The summed E-state index contributed by atoms with van der Waals surface area (Å²) in [4.78, 5) is 20.9. The van der Waals surface area contributed by atoms with E-state index in [1.165, 1.54) is 23.2 Å². The van der Waals surface area contributed by atoms with Gasteiger partial charge in [0.15, 0.2) is 18.0 Å². The molecule has 2 aromatic rings. The van der Waals surface area contributed by atoms with Gasteiger partial charge in [-0.2, -0.15) is 0 Å². The number of hydrogen-bond donors (Lipinski definition) is 0. The molecule has 1 aliphatic carbocycles. The van der Waals surface area contributed by atoms with Crippen LogP contribution in [0.2, 0.25) is 0 Å². The van der Waals surface area contributed by atoms with Crippen molar-refractivity contribution in [1.82, 2.24) is 13.9 Å². The Bertz CT molecular complexity index is 756. The summed E-state index contributed by atoms with van der Waals surface area (Å²) in [5.41, 5.74) is 2.13. The molecule has 0 unspecified atom stereocenters. The molecule has 1 amide bonds. The number of fused-ring (bicyclic) bond motifs is 3. The van der Waals surface area contributed by atoms with Gasteiger partial charge in [-0.1, -0.05) is 19.3 Å². The number of carbonyl (C=O) groups excluding carboxylic acids is 1. The molecule has 0 atom stereocenters. The summed E-state index contributed by atoms with van der Waals surface area (Å²) in [6.45, 7) is 0.587. The van der Waals surface area contributed by atoms with E-state index >= 15 is 0 Å². The van der Waals surface area contributed by atoms with Crippen LogP contribution in [0, 0.1) is 0 Å². The lowest BCUT2D eigenvalue weighted by Gasteiger charge is -2.42. The maximum absolute atomic E-state index is 13.1. The van der Waals surface area contributed by atoms with Crippen molar-refractivity contribution in [3.05, 3.63) is 24.0 Å². The van der Waals surface area contributed by atoms with Crippen LogP contribution in [0.25, 0.3) is 11.0 Å². The average molecular weight is 334 g/mol. The van der Waals surface area contributed by atoms with Crippen molar-refractivity contribution in [3.8, 4) is 0 Å². The minimum Gasteiger partial charge on any atom is -0.349 e. The topological polar surface area (TPSA) is 41.4 Å². The van der Waals surface area contributed by atoms with Crippen LogP contribution in [-0.2, 0) is 0 Å². The third-order valence-corrected chi connectivity index (χ3v) is 5.41. The number of carbonyl (C=O) groups is 1. The van der Waals surface area contributed by atoms with E-state index in [1.807, 2.05) is 13.1 Å². The number of amides is 1. The van der Waals surface area contributed by atoms with Gasteiger partial charge in [0, 0.05) is 30.9 Å². The van der Waals surface area contributed by atoms with Crippen molar-refractivity contribution in [3.63, 3.8) is 0 Å². The molecule has 2 aliphatic rings. The van der Waals surface area contributed by atoms with E-state index < -0.39 is 0 Å². The Morgan fingerprint density at radius 1 is 1.30 bits per heavy atom. The van der Waals surface area contributed by atoms with Gasteiger partial charge >= 0.3 is 0 Å². The molecule has 0 radical (unpaired) electrons. The molecule has 4 rings (SSSR count). The number of aromatic nitrogens is 2. The molecule has 0 bridgehead atoms. The Balaban J connectivity index is 1.89. The molecule has 3 heterocycles. The molecule has 0 N–H and O–H groups in total. The molecule has 1 fully saturated rings. The fraction of sp³-hybridized carbons (Fsp3) is 0.500. The van der Waals surface area contributed by atoms with Crippen LogP contribution in [0.4, 0.5) is 9.57 Å². The zero-order valence-electron chi connectivity index (χ0n) is 13.0. The van der Waals surface area contributed by atoms with Gasteiger partial charge in [-0.25, -0.2) is 8.96 Å². The lowest BCUT2D eigenvalue weighted by molar-refractivity contribution is 0.0776. The highest BCUT2D eigenvalue weighted by Gasteiger charge is 2.34. The van der Waals surface area contributed by atoms with E-state index in [9.17, 15) is 8.68 Å². The van der Waals surface area contributed by atoms with Crippen LogP contribution in [-0.4, -0.2) is 39.5 Å². The van der Waals surface area contributed by atoms with Gasteiger partial charge in [-0.15, -0.1) is 3.89 Å². The van der Waals surface area contributed by atoms with E-state index in [2.05, 4.69) is 9.88 Å². The number of hydrogen-bond acceptors (Lipinski definition) is 4. The van der Waals surface area contributed by atoms with E-state index in [-0.39, 0.29) is 18.2 Å². The molecule has 7 heteroatoms. The van der Waals surface area contributed by atoms with Gasteiger partial charge in [-0.05, 0) is 18.9 Å². The van der Waals surface area contributed by atoms with Gasteiger partial charge < -0.3 is 9.80 Å². The molecular weight excluding hydrogens is 315 g/mol. The summed E-state index contributed by atoms with van der Waals surface area (Å²) in [7, 11) is 1.83. The minimum absolute atomic E-state index is 0.0119. The zero-order chi connectivity index (χ0) is 16.0. The number of rotatable bonds is 2. The highest BCUT2D eigenvalue weighted by atomic mass is 32.2. The quantitative estimate of drug-likeness (QED) is 0.841. The van der Waals surface area contributed by atoms with E-state index in [0.29, 0.717) is 23.9 Å². The highest BCUT2D eigenvalue weighted by molar-refractivity contribution is 7.92. The predicted octanol–water partition coefficient (Wildman–Crippen LogP) is 3.60. The number of anilines is 1. The second kappa shape index (κ2) is 5.70. The summed E-state index contributed by atoms with van der Waals surface area (Å²) >= 11 is 0.134. The van der Waals surface area contributed by atoms with Crippen molar-refractivity contribution in [1.29, 1.82) is 0 Å². The molecule has 23 heavy (non-hydrogen) atoms. The Hall–Kier alpha value is -1.76. The SMILES string of the molecule is CN1CN(C2CCCCC2)c2c(cnc3c2ccn3SF)C1=O. The first-order valence-corrected chi connectivity index (χ1v) is 8.69. The Morgan fingerprint density at radius 3 is 2.83 bits per heavy atom. The van der Waals surface area contributed by atoms with Crippen molar-refractivity contribution < 1.29 is 8.68 Å². The number of nitrogens with zero attached hydrogens (tertiary/aromatic N) is 4. The van der Waals surface area contributed by atoms with Crippen LogP contribution in [0.3, 0.4) is 0 Å². The molecule has 0 aromatic carbocycles. The maximum atomic E-state index is 13.1. The first kappa shape index (κ1) is 14.8. The second-order valence-corrected chi connectivity index (χ2v) is 6.91. The lowest BCUT2D eigenvalue weighted by Crippen LogP contribution is -2.50. The van der Waals surface area contributed by atoms with Crippen LogP contribution in [0.5, 0.6) is 0 Å². The fourth-order valence-corrected chi connectivity index (χ4v) is 4.15. The van der Waals surface area contributed by atoms with Gasteiger partial charge in [0.25, 0.3) is 5.91 Å². The summed E-state index contributed by atoms with van der Waals surface area (Å²) < 4.78 is 14.5. The molecule has 122 valence electrons. The van der Waals surface area contributed by atoms with Crippen molar-refractivity contribution >= 4 is 35.0 Å². The second-order valence-electron chi connectivity index (χ2n) is 6.37. The van der Waals surface area contributed by atoms with E-state index in [1.54, 1.807) is 17.3 Å². The summed E-state index contributed by atoms with van der Waals surface area (Å²) in [5.74, 6) is -0.0119. The first-order chi connectivity index (χ1) is 11.2. The number of halogens is 1. The molecular formula is C16H19FN4OS. The Morgan fingerprint density at radius 2 is 2.09 bits per heavy atom. The van der Waals surface area contributed by atoms with Crippen LogP contribution in [0.1, 0.15) is 42.5 Å². The largest absolute Gasteiger partial charge is 0.349 e. The predicted molar refractivity (Wildman–Crippen MR) is 90.1 cm³/mol. The minimum atomic E-state index is -0.0119. The first-order valence-electron chi connectivity index (χ1n) is 8.02. The molecule has 0 spiro atoms. The molecule has 2 aromatic heterocycles. The van der Waals surface area contributed by atoms with Crippen LogP contribution >= 0.6 is 12.3 Å². The van der Waals surface area contributed by atoms with Gasteiger partial charge in [0.2, 0.25) is 0 Å². The number of pyridine rings is 1. The zero-order valence-corrected chi connectivity index (χ0v) is 13.9. The van der Waals surface area contributed by atoms with Crippen LogP contribution < -0.4 is 4.90 Å². The van der Waals surface area contributed by atoms with Crippen LogP contribution in [0.15, 0.2) is 18.5 Å². The van der Waals surface area contributed by atoms with Crippen molar-refractivity contribution in [2.45, 2.75) is 38.1 Å². The average Bonchev–Trinajstić information content (AvgIpc) is 3.01. The molecule has 5 nitrogen and oxygen atoms in total. The standard InChI is InChI=1S/C16H19FN4OS/c1-19-10-20(11-5-3-2-4-6-11)14-12-7-8-21(23-17)15(12)18-9-13(14)16(19)22/h7-9,11H,2-6,10H2,1H3. The summed E-state index contributed by atoms with van der Waals surface area (Å²) in [5, 5.41) is 0.861. The molecule has 1 aliphatic heterocycles. The van der Waals surface area contributed by atoms with E-state index in [4.69, 9.17) is 0 Å². The van der Waals surface area contributed by atoms with Gasteiger partial charge in [0.05, 0.1) is 17.9 Å². The normalized spacial score (nSPS) is 19.5. The Labute approximate surface area is 138 Å². The summed E-state index contributed by atoms with van der Waals surface area (Å²) in [6.07, 6.45) is 9.29. The smallest absolute Gasteiger partial charge is 0.258 e. The molecule has 1 saturated carbocycles. The lowest BCUT2D eigenvalue weighted by atomic mass is 9.92. The van der Waals surface area contributed by atoms with E-state index in [0.717, 1.165) is 23.9 Å². The summed E-state index contributed by atoms with van der Waals surface area (Å²) in [6, 6.07) is 2.30. The fourth-order valence-electron chi connectivity index (χ4n) is 3.83. The molecule has 0 saturated heterocycles. The van der Waals surface area contributed by atoms with Gasteiger partial charge in [0.1, 0.15) is 0 Å². The third kappa shape index (κ3) is 2.29. The Kier molecular flexibility index (Phi) is 3.67. The highest BCUT2D eigenvalue weighted by Crippen LogP contribution is 2.38. The van der Waals surface area contributed by atoms with Gasteiger partial charge in [-0.3, -0.25) is 4.79 Å². The van der Waals surface area contributed by atoms with Crippen molar-refractivity contribution in [2.75, 3.05) is 18.6 Å². The maximum Gasteiger partial charge on any atom is 0.258 e. The van der Waals surface area contributed by atoms with Crippen molar-refractivity contribution in [2.24, 2.45) is 0 Å². The third-order valence-electron chi connectivity index (χ3n) is 4.97. The monoisotopic (exact) mass is 334 g/mol.